The number of aromatic amines is 1. The molecule has 182 valence electrons. The average Bonchev–Trinajstić information content (AvgIpc) is 3.20. The zero-order valence-corrected chi connectivity index (χ0v) is 19.6. The Kier molecular flexibility index (Phi) is 8.25. The smallest absolute Gasteiger partial charge is 0.407 e. The van der Waals surface area contributed by atoms with Crippen LogP contribution in [0.4, 0.5) is 9.18 Å². The molecule has 1 atom stereocenters. The van der Waals surface area contributed by atoms with Crippen LogP contribution in [0.3, 0.4) is 0 Å². The number of amides is 2. The predicted molar refractivity (Wildman–Crippen MR) is 129 cm³/mol. The van der Waals surface area contributed by atoms with Crippen molar-refractivity contribution in [3.63, 3.8) is 0 Å². The van der Waals surface area contributed by atoms with E-state index in [-0.39, 0.29) is 31.5 Å². The van der Waals surface area contributed by atoms with E-state index in [0.29, 0.717) is 12.2 Å². The van der Waals surface area contributed by atoms with Crippen molar-refractivity contribution < 1.29 is 23.5 Å². The molecule has 0 bridgehead atoms. The van der Waals surface area contributed by atoms with Crippen molar-refractivity contribution in [3.8, 4) is 11.1 Å². The summed E-state index contributed by atoms with van der Waals surface area (Å²) in [5.74, 6) is -0.564. The molecule has 0 unspecified atom stereocenters. The molecule has 0 spiro atoms. The molecule has 0 aliphatic heterocycles. The van der Waals surface area contributed by atoms with Gasteiger partial charge < -0.3 is 30.8 Å². The standard InChI is InChI=1S/C25H31FN4O4/c1-25(2,3)34-24(32)28-10-11-33-15-20(27)14-29-23(31)22-13-18-5-4-17(12-21(18)30-22)16-6-8-19(26)9-7-16/h4-9,12-13,20,30H,10-11,14-15,27H2,1-3H3,(H,28,32)(H,29,31)/t20-/m1/s1. The van der Waals surface area contributed by atoms with E-state index in [9.17, 15) is 14.0 Å². The lowest BCUT2D eigenvalue weighted by atomic mass is 10.0. The first kappa shape index (κ1) is 25.2. The van der Waals surface area contributed by atoms with Gasteiger partial charge >= 0.3 is 6.09 Å². The molecule has 0 saturated heterocycles. The van der Waals surface area contributed by atoms with Crippen molar-refractivity contribution in [2.24, 2.45) is 5.73 Å². The van der Waals surface area contributed by atoms with Crippen LogP contribution in [0.15, 0.2) is 48.5 Å². The number of halogens is 1. The summed E-state index contributed by atoms with van der Waals surface area (Å²) in [4.78, 5) is 27.2. The van der Waals surface area contributed by atoms with E-state index in [2.05, 4.69) is 15.6 Å². The van der Waals surface area contributed by atoms with Gasteiger partial charge in [-0.25, -0.2) is 9.18 Å². The van der Waals surface area contributed by atoms with Crippen LogP contribution in [0, 0.1) is 5.82 Å². The fourth-order valence-electron chi connectivity index (χ4n) is 3.22. The highest BCUT2D eigenvalue weighted by atomic mass is 19.1. The summed E-state index contributed by atoms with van der Waals surface area (Å²) in [5, 5.41) is 6.28. The summed E-state index contributed by atoms with van der Waals surface area (Å²) in [7, 11) is 0. The molecule has 2 aromatic carbocycles. The molecule has 2 amide bonds. The first-order chi connectivity index (χ1) is 16.1. The third kappa shape index (κ3) is 7.57. The van der Waals surface area contributed by atoms with Crippen LogP contribution in [0.5, 0.6) is 0 Å². The Morgan fingerprint density at radius 3 is 2.47 bits per heavy atom. The number of hydrogen-bond donors (Lipinski definition) is 4. The molecule has 0 fully saturated rings. The van der Waals surface area contributed by atoms with Crippen molar-refractivity contribution in [2.75, 3.05) is 26.3 Å². The van der Waals surface area contributed by atoms with Crippen molar-refractivity contribution >= 4 is 22.9 Å². The number of carbonyl (C=O) groups is 2. The molecule has 0 aliphatic carbocycles. The first-order valence-electron chi connectivity index (χ1n) is 11.1. The van der Waals surface area contributed by atoms with Crippen molar-refractivity contribution in [3.05, 3.63) is 60.0 Å². The van der Waals surface area contributed by atoms with Crippen molar-refractivity contribution in [1.29, 1.82) is 0 Å². The van der Waals surface area contributed by atoms with Gasteiger partial charge in [0.25, 0.3) is 5.91 Å². The Labute approximate surface area is 198 Å². The minimum Gasteiger partial charge on any atom is -0.444 e. The maximum absolute atomic E-state index is 13.2. The van der Waals surface area contributed by atoms with E-state index in [1.807, 2.05) is 18.2 Å². The Morgan fingerprint density at radius 1 is 1.06 bits per heavy atom. The Bertz CT molecular complexity index is 1120. The SMILES string of the molecule is CC(C)(C)OC(=O)NCCOC[C@H](N)CNC(=O)c1cc2ccc(-c3ccc(F)cc3)cc2[nH]1. The van der Waals surface area contributed by atoms with Crippen molar-refractivity contribution in [2.45, 2.75) is 32.4 Å². The van der Waals surface area contributed by atoms with Crippen LogP contribution in [0.1, 0.15) is 31.3 Å². The number of carbonyl (C=O) groups excluding carboxylic acids is 2. The number of aromatic nitrogens is 1. The van der Waals surface area contributed by atoms with Gasteiger partial charge in [-0.2, -0.15) is 0 Å². The largest absolute Gasteiger partial charge is 0.444 e. The number of H-pyrrole nitrogens is 1. The number of hydrogen-bond acceptors (Lipinski definition) is 5. The zero-order valence-electron chi connectivity index (χ0n) is 19.6. The van der Waals surface area contributed by atoms with Crippen LogP contribution in [0.2, 0.25) is 0 Å². The molecule has 1 aromatic heterocycles. The van der Waals surface area contributed by atoms with Crippen LogP contribution < -0.4 is 16.4 Å². The molecular weight excluding hydrogens is 439 g/mol. The maximum atomic E-state index is 13.2. The molecule has 0 aliphatic rings. The van der Waals surface area contributed by atoms with Gasteiger partial charge in [0, 0.05) is 30.0 Å². The van der Waals surface area contributed by atoms with E-state index in [1.54, 1.807) is 39.0 Å². The number of ether oxygens (including phenoxy) is 2. The van der Waals surface area contributed by atoms with Gasteiger partial charge in [-0.05, 0) is 56.2 Å². The average molecular weight is 471 g/mol. The van der Waals surface area contributed by atoms with Gasteiger partial charge in [-0.1, -0.05) is 24.3 Å². The Balaban J connectivity index is 1.43. The van der Waals surface area contributed by atoms with Gasteiger partial charge in [-0.3, -0.25) is 4.79 Å². The van der Waals surface area contributed by atoms with E-state index in [0.717, 1.165) is 22.0 Å². The summed E-state index contributed by atoms with van der Waals surface area (Å²) in [6.45, 7) is 6.40. The van der Waals surface area contributed by atoms with Crippen LogP contribution >= 0.6 is 0 Å². The number of nitrogens with two attached hydrogens (primary N) is 1. The van der Waals surface area contributed by atoms with E-state index in [4.69, 9.17) is 15.2 Å². The molecule has 5 N–H and O–H groups in total. The third-order valence-corrected chi connectivity index (χ3v) is 4.82. The van der Waals surface area contributed by atoms with Gasteiger partial charge in [0.15, 0.2) is 0 Å². The monoisotopic (exact) mass is 470 g/mol. The van der Waals surface area contributed by atoms with Crippen LogP contribution in [0.25, 0.3) is 22.0 Å². The molecule has 8 nitrogen and oxygen atoms in total. The molecule has 9 heteroatoms. The fraction of sp³-hybridized carbons (Fsp3) is 0.360. The highest BCUT2D eigenvalue weighted by molar-refractivity contribution is 5.98. The van der Waals surface area contributed by atoms with Gasteiger partial charge in [0.2, 0.25) is 0 Å². The summed E-state index contributed by atoms with van der Waals surface area (Å²) < 4.78 is 23.8. The lowest BCUT2D eigenvalue weighted by Gasteiger charge is -2.19. The van der Waals surface area contributed by atoms with Gasteiger partial charge in [0.05, 0.1) is 13.2 Å². The van der Waals surface area contributed by atoms with Gasteiger partial charge in [0.1, 0.15) is 17.1 Å². The lowest BCUT2D eigenvalue weighted by Crippen LogP contribution is -2.41. The normalized spacial score (nSPS) is 12.4. The topological polar surface area (TPSA) is 118 Å². The quantitative estimate of drug-likeness (QED) is 0.357. The van der Waals surface area contributed by atoms with Crippen LogP contribution in [-0.2, 0) is 9.47 Å². The predicted octanol–water partition coefficient (Wildman–Crippen LogP) is 3.57. The Hall–Kier alpha value is -3.43. The molecule has 3 rings (SSSR count). The third-order valence-electron chi connectivity index (χ3n) is 4.82. The number of rotatable bonds is 9. The summed E-state index contributed by atoms with van der Waals surface area (Å²) in [6, 6.07) is 13.4. The summed E-state index contributed by atoms with van der Waals surface area (Å²) >= 11 is 0. The lowest BCUT2D eigenvalue weighted by molar-refractivity contribution is 0.0494. The van der Waals surface area contributed by atoms with Crippen molar-refractivity contribution in [1.82, 2.24) is 15.6 Å². The molecule has 0 saturated carbocycles. The second kappa shape index (κ2) is 11.1. The minimum absolute atomic E-state index is 0.226. The Morgan fingerprint density at radius 2 is 1.76 bits per heavy atom. The highest BCUT2D eigenvalue weighted by Gasteiger charge is 2.16. The molecule has 0 radical (unpaired) electrons. The molecular formula is C25H31FN4O4. The van der Waals surface area contributed by atoms with Crippen LogP contribution in [-0.4, -0.2) is 54.9 Å². The van der Waals surface area contributed by atoms with E-state index < -0.39 is 17.7 Å². The summed E-state index contributed by atoms with van der Waals surface area (Å²) in [6.07, 6.45) is -0.504. The van der Waals surface area contributed by atoms with E-state index in [1.165, 1.54) is 12.1 Å². The second-order valence-corrected chi connectivity index (χ2v) is 8.97. The molecule has 1 heterocycles. The van der Waals surface area contributed by atoms with Gasteiger partial charge in [-0.15, -0.1) is 0 Å². The number of alkyl carbamates (subject to hydrolysis) is 1. The number of fused-ring (bicyclic) bond motifs is 1. The first-order valence-corrected chi connectivity index (χ1v) is 11.1. The highest BCUT2D eigenvalue weighted by Crippen LogP contribution is 2.25. The zero-order chi connectivity index (χ0) is 24.7. The van der Waals surface area contributed by atoms with E-state index >= 15 is 0 Å². The second-order valence-electron chi connectivity index (χ2n) is 8.97. The summed E-state index contributed by atoms with van der Waals surface area (Å²) in [5.41, 5.74) is 8.48. The molecule has 3 aromatic rings. The molecule has 34 heavy (non-hydrogen) atoms. The number of nitrogens with one attached hydrogen (secondary N) is 3. The maximum Gasteiger partial charge on any atom is 0.407 e. The minimum atomic E-state index is -0.554. The number of benzene rings is 2. The fourth-order valence-corrected chi connectivity index (χ4v) is 3.22.